The zero-order valence-electron chi connectivity index (χ0n) is 22.2. The van der Waals surface area contributed by atoms with Gasteiger partial charge in [-0.2, -0.15) is 0 Å². The SMILES string of the molecule is CCN1/C(=C/C=C/C=C(\N=C(\B(c2ccccc2)c2ccccc2)c2ccccc2)C(=O)O)Oc2ccccc21. The standard InChI is InChI=1S/C34H29BN2O3/c1-2-37-30-23-13-14-24-31(30)40-32(37)25-15-12-22-29(34(38)39)36-33(26-16-6-3-7-17-26)35(27-18-8-4-9-19-27)28-20-10-5-11-21-28/h3-25H,2H2,1H3,(H,38,39)/b15-12+,29-22-,32-25-,36-33+. The van der Waals surface area contributed by atoms with E-state index in [1.54, 1.807) is 12.2 Å². The molecule has 0 aliphatic carbocycles. The van der Waals surface area contributed by atoms with Crippen molar-refractivity contribution in [2.75, 3.05) is 11.4 Å². The molecule has 0 bridgehead atoms. The second-order valence-corrected chi connectivity index (χ2v) is 9.18. The van der Waals surface area contributed by atoms with Crippen molar-refractivity contribution in [1.29, 1.82) is 0 Å². The Bertz CT molecular complexity index is 1540. The van der Waals surface area contributed by atoms with Crippen molar-refractivity contribution in [3.05, 3.63) is 157 Å². The average molecular weight is 524 g/mol. The summed E-state index contributed by atoms with van der Waals surface area (Å²) < 4.78 is 5.99. The first-order chi connectivity index (χ1) is 19.7. The van der Waals surface area contributed by atoms with E-state index in [0.717, 1.165) is 34.5 Å². The lowest BCUT2D eigenvalue weighted by Crippen LogP contribution is -2.49. The number of aliphatic carboxylic acids is 1. The zero-order chi connectivity index (χ0) is 27.7. The first-order valence-corrected chi connectivity index (χ1v) is 13.3. The molecule has 0 saturated carbocycles. The van der Waals surface area contributed by atoms with Crippen LogP contribution in [0.5, 0.6) is 5.75 Å². The number of carboxylic acid groups (broad SMARTS) is 1. The minimum absolute atomic E-state index is 0.0617. The molecule has 0 atom stereocenters. The van der Waals surface area contributed by atoms with Gasteiger partial charge in [0.15, 0.2) is 5.75 Å². The molecule has 0 unspecified atom stereocenters. The highest BCUT2D eigenvalue weighted by atomic mass is 16.5. The molecule has 4 aromatic carbocycles. The highest BCUT2D eigenvalue weighted by molar-refractivity contribution is 7.10. The summed E-state index contributed by atoms with van der Waals surface area (Å²) in [7, 11) is 0. The van der Waals surface area contributed by atoms with Crippen molar-refractivity contribution in [3.63, 3.8) is 0 Å². The molecule has 4 aromatic rings. The Hall–Kier alpha value is -5.10. The lowest BCUT2D eigenvalue weighted by molar-refractivity contribution is -0.132. The summed E-state index contributed by atoms with van der Waals surface area (Å²) >= 11 is 0. The maximum atomic E-state index is 12.4. The summed E-state index contributed by atoms with van der Waals surface area (Å²) in [6.07, 6.45) is 6.81. The summed E-state index contributed by atoms with van der Waals surface area (Å²) in [5.74, 6) is 0.382. The molecule has 1 aliphatic heterocycles. The first-order valence-electron chi connectivity index (χ1n) is 13.3. The molecule has 0 radical (unpaired) electrons. The number of benzene rings is 4. The molecular weight excluding hydrogens is 495 g/mol. The number of rotatable bonds is 9. The van der Waals surface area contributed by atoms with Gasteiger partial charge in [0.1, 0.15) is 5.70 Å². The molecule has 0 aromatic heterocycles. The Morgan fingerprint density at radius 1 is 0.825 bits per heavy atom. The Morgan fingerprint density at radius 2 is 1.40 bits per heavy atom. The normalized spacial score (nSPS) is 14.3. The van der Waals surface area contributed by atoms with E-state index in [0.29, 0.717) is 11.5 Å². The smallest absolute Gasteiger partial charge is 0.354 e. The number of anilines is 1. The fourth-order valence-electron chi connectivity index (χ4n) is 4.78. The van der Waals surface area contributed by atoms with Crippen LogP contribution in [0, 0.1) is 0 Å². The van der Waals surface area contributed by atoms with E-state index in [4.69, 9.17) is 9.73 Å². The molecular formula is C34H29BN2O3. The number of aliphatic imine (C=N–C) groups is 1. The van der Waals surface area contributed by atoms with Crippen LogP contribution in [0.1, 0.15) is 12.5 Å². The van der Waals surface area contributed by atoms with Crippen LogP contribution in [0.2, 0.25) is 0 Å². The van der Waals surface area contributed by atoms with E-state index in [1.807, 2.05) is 121 Å². The van der Waals surface area contributed by atoms with Gasteiger partial charge in [-0.3, -0.25) is 4.99 Å². The fraction of sp³-hybridized carbons (Fsp3) is 0.0588. The zero-order valence-corrected chi connectivity index (χ0v) is 22.2. The third kappa shape index (κ3) is 5.97. The van der Waals surface area contributed by atoms with Crippen LogP contribution in [-0.4, -0.2) is 29.9 Å². The minimum atomic E-state index is -1.11. The number of ether oxygens (including phenoxy) is 1. The van der Waals surface area contributed by atoms with E-state index < -0.39 is 5.97 Å². The van der Waals surface area contributed by atoms with Gasteiger partial charge in [0.2, 0.25) is 5.88 Å². The van der Waals surface area contributed by atoms with Gasteiger partial charge in [-0.05, 0) is 36.8 Å². The van der Waals surface area contributed by atoms with Gasteiger partial charge in [-0.15, -0.1) is 0 Å². The fourth-order valence-corrected chi connectivity index (χ4v) is 4.78. The summed E-state index contributed by atoms with van der Waals surface area (Å²) in [4.78, 5) is 19.3. The van der Waals surface area contributed by atoms with Crippen molar-refractivity contribution < 1.29 is 14.6 Å². The second-order valence-electron chi connectivity index (χ2n) is 9.18. The number of allylic oxidation sites excluding steroid dienone is 4. The van der Waals surface area contributed by atoms with Crippen LogP contribution < -0.4 is 20.6 Å². The second kappa shape index (κ2) is 12.6. The number of hydrogen-bond donors (Lipinski definition) is 1. The number of nitrogens with zero attached hydrogens (tertiary/aromatic N) is 2. The molecule has 5 rings (SSSR count). The van der Waals surface area contributed by atoms with Gasteiger partial charge < -0.3 is 14.7 Å². The van der Waals surface area contributed by atoms with Crippen LogP contribution in [-0.2, 0) is 4.79 Å². The van der Waals surface area contributed by atoms with Crippen LogP contribution in [0.4, 0.5) is 5.69 Å². The van der Waals surface area contributed by atoms with Crippen molar-refractivity contribution in [3.8, 4) is 5.75 Å². The minimum Gasteiger partial charge on any atom is -0.477 e. The van der Waals surface area contributed by atoms with Crippen molar-refractivity contribution in [2.24, 2.45) is 4.99 Å². The molecule has 1 heterocycles. The third-order valence-corrected chi connectivity index (χ3v) is 6.63. The molecule has 40 heavy (non-hydrogen) atoms. The van der Waals surface area contributed by atoms with Gasteiger partial charge >= 0.3 is 5.97 Å². The quantitative estimate of drug-likeness (QED) is 0.134. The molecule has 0 spiro atoms. The van der Waals surface area contributed by atoms with Gasteiger partial charge in [0.05, 0.1) is 5.69 Å². The largest absolute Gasteiger partial charge is 0.477 e. The highest BCUT2D eigenvalue weighted by Gasteiger charge is 2.28. The Balaban J connectivity index is 1.54. The maximum absolute atomic E-state index is 12.4. The third-order valence-electron chi connectivity index (χ3n) is 6.63. The number of carbonyl (C=O) groups is 1. The van der Waals surface area contributed by atoms with Gasteiger partial charge in [-0.1, -0.05) is 126 Å². The van der Waals surface area contributed by atoms with Crippen LogP contribution in [0.3, 0.4) is 0 Å². The van der Waals surface area contributed by atoms with Crippen LogP contribution >= 0.6 is 0 Å². The monoisotopic (exact) mass is 524 g/mol. The van der Waals surface area contributed by atoms with Crippen LogP contribution in [0.15, 0.2) is 156 Å². The molecule has 0 amide bonds. The molecule has 1 N–H and O–H groups in total. The summed E-state index contributed by atoms with van der Waals surface area (Å²) in [5, 5.41) is 10.1. The Kier molecular flexibility index (Phi) is 8.37. The van der Waals surface area contributed by atoms with E-state index in [9.17, 15) is 9.90 Å². The number of fused-ring (bicyclic) bond motifs is 1. The predicted molar refractivity (Wildman–Crippen MR) is 164 cm³/mol. The van der Waals surface area contributed by atoms with Gasteiger partial charge in [0.25, 0.3) is 6.71 Å². The lowest BCUT2D eigenvalue weighted by atomic mass is 9.36. The predicted octanol–water partition coefficient (Wildman–Crippen LogP) is 5.61. The van der Waals surface area contributed by atoms with E-state index >= 15 is 0 Å². The average Bonchev–Trinajstić information content (AvgIpc) is 3.36. The molecule has 5 nitrogen and oxygen atoms in total. The molecule has 0 fully saturated rings. The lowest BCUT2D eigenvalue weighted by Gasteiger charge is -2.18. The molecule has 1 aliphatic rings. The topological polar surface area (TPSA) is 62.1 Å². The van der Waals surface area contributed by atoms with E-state index in [2.05, 4.69) is 11.8 Å². The Morgan fingerprint density at radius 3 is 2.00 bits per heavy atom. The number of para-hydroxylation sites is 2. The molecule has 0 saturated heterocycles. The van der Waals surface area contributed by atoms with Crippen molar-refractivity contribution in [1.82, 2.24) is 0 Å². The molecule has 6 heteroatoms. The first kappa shape index (κ1) is 26.5. The number of carboxylic acids is 1. The van der Waals surface area contributed by atoms with Crippen molar-refractivity contribution >= 4 is 34.9 Å². The summed E-state index contributed by atoms with van der Waals surface area (Å²) in [6, 6.07) is 37.7. The van der Waals surface area contributed by atoms with Gasteiger partial charge in [0, 0.05) is 12.2 Å². The van der Waals surface area contributed by atoms with Crippen molar-refractivity contribution in [2.45, 2.75) is 6.92 Å². The van der Waals surface area contributed by atoms with E-state index in [-0.39, 0.29) is 12.4 Å². The number of hydrogen-bond acceptors (Lipinski definition) is 4. The summed E-state index contributed by atoms with van der Waals surface area (Å²) in [5.41, 5.74) is 4.52. The van der Waals surface area contributed by atoms with Crippen LogP contribution in [0.25, 0.3) is 0 Å². The molecule has 196 valence electrons. The highest BCUT2D eigenvalue weighted by Crippen LogP contribution is 2.38. The van der Waals surface area contributed by atoms with E-state index in [1.165, 1.54) is 6.08 Å². The maximum Gasteiger partial charge on any atom is 0.354 e. The Labute approximate surface area is 235 Å². The van der Waals surface area contributed by atoms with Gasteiger partial charge in [-0.25, -0.2) is 4.79 Å². The summed E-state index contributed by atoms with van der Waals surface area (Å²) in [6.45, 7) is 2.54.